The molecule has 0 saturated carbocycles. The second-order valence-corrected chi connectivity index (χ2v) is 6.73. The van der Waals surface area contributed by atoms with E-state index in [-0.39, 0.29) is 18.5 Å². The zero-order valence-corrected chi connectivity index (χ0v) is 13.5. The van der Waals surface area contributed by atoms with Crippen molar-refractivity contribution in [1.29, 1.82) is 0 Å². The van der Waals surface area contributed by atoms with Gasteiger partial charge in [0.05, 0.1) is 12.2 Å². The van der Waals surface area contributed by atoms with E-state index < -0.39 is 0 Å². The number of hydrogen-bond donors (Lipinski definition) is 1. The van der Waals surface area contributed by atoms with Crippen molar-refractivity contribution < 1.29 is 9.59 Å². The number of thiazole rings is 1. The molecule has 1 saturated heterocycles. The Morgan fingerprint density at radius 1 is 1.27 bits per heavy atom. The molecule has 1 aromatic carbocycles. The summed E-state index contributed by atoms with van der Waals surface area (Å²) in [6.45, 7) is 0.570. The number of urea groups is 1. The minimum absolute atomic E-state index is 0.121. The van der Waals surface area contributed by atoms with E-state index in [1.54, 1.807) is 23.1 Å². The summed E-state index contributed by atoms with van der Waals surface area (Å²) in [5.41, 5.74) is 2.16. The standard InChI is InChI=1S/C15H15N3O2S2/c19-13-8-16-15(20)18(13)6-7-21-9-12-10-22-14(17-12)11-4-2-1-3-5-11/h1-5,10H,6-9H2,(H,16,20). The van der Waals surface area contributed by atoms with Crippen LogP contribution in [0.25, 0.3) is 10.6 Å². The number of carbonyl (C=O) groups is 2. The zero-order chi connectivity index (χ0) is 15.4. The lowest BCUT2D eigenvalue weighted by atomic mass is 10.2. The second kappa shape index (κ2) is 6.93. The van der Waals surface area contributed by atoms with Crippen molar-refractivity contribution >= 4 is 35.0 Å². The normalized spacial score (nSPS) is 14.5. The third kappa shape index (κ3) is 3.48. The van der Waals surface area contributed by atoms with E-state index in [1.165, 1.54) is 4.90 Å². The van der Waals surface area contributed by atoms with Gasteiger partial charge in [-0.05, 0) is 0 Å². The van der Waals surface area contributed by atoms with E-state index in [2.05, 4.69) is 15.7 Å². The van der Waals surface area contributed by atoms with Crippen LogP contribution in [-0.4, -0.2) is 40.7 Å². The van der Waals surface area contributed by atoms with Crippen molar-refractivity contribution in [1.82, 2.24) is 15.2 Å². The van der Waals surface area contributed by atoms with Crippen LogP contribution in [0.4, 0.5) is 4.79 Å². The quantitative estimate of drug-likeness (QED) is 0.652. The number of hydrogen-bond acceptors (Lipinski definition) is 5. The summed E-state index contributed by atoms with van der Waals surface area (Å²) in [4.78, 5) is 28.7. The number of imide groups is 1. The maximum Gasteiger partial charge on any atom is 0.324 e. The molecule has 114 valence electrons. The Hall–Kier alpha value is -1.86. The summed E-state index contributed by atoms with van der Waals surface area (Å²) in [5, 5.41) is 5.59. The zero-order valence-electron chi connectivity index (χ0n) is 11.8. The number of rotatable bonds is 6. The van der Waals surface area contributed by atoms with Gasteiger partial charge in [-0.15, -0.1) is 11.3 Å². The Morgan fingerprint density at radius 2 is 2.09 bits per heavy atom. The second-order valence-electron chi connectivity index (χ2n) is 4.77. The van der Waals surface area contributed by atoms with Gasteiger partial charge in [-0.1, -0.05) is 30.3 Å². The van der Waals surface area contributed by atoms with Crippen molar-refractivity contribution in [3.8, 4) is 10.6 Å². The number of amides is 3. The molecule has 22 heavy (non-hydrogen) atoms. The smallest absolute Gasteiger partial charge is 0.324 e. The lowest BCUT2D eigenvalue weighted by molar-refractivity contribution is -0.124. The number of benzene rings is 1. The first-order chi connectivity index (χ1) is 10.7. The predicted octanol–water partition coefficient (Wildman–Crippen LogP) is 2.60. The van der Waals surface area contributed by atoms with Crippen molar-refractivity contribution in [3.05, 3.63) is 41.4 Å². The fourth-order valence-electron chi connectivity index (χ4n) is 2.10. The molecule has 0 radical (unpaired) electrons. The molecule has 1 aromatic heterocycles. The summed E-state index contributed by atoms with van der Waals surface area (Å²) < 4.78 is 0. The first-order valence-corrected chi connectivity index (χ1v) is 8.93. The highest BCUT2D eigenvalue weighted by molar-refractivity contribution is 7.98. The van der Waals surface area contributed by atoms with Crippen molar-refractivity contribution in [2.75, 3.05) is 18.8 Å². The lowest BCUT2D eigenvalue weighted by Gasteiger charge is -2.11. The molecular formula is C15H15N3O2S2. The van der Waals surface area contributed by atoms with Crippen molar-refractivity contribution in [2.24, 2.45) is 0 Å². The average Bonchev–Trinajstić information content (AvgIpc) is 3.13. The van der Waals surface area contributed by atoms with Crippen LogP contribution in [0.5, 0.6) is 0 Å². The van der Waals surface area contributed by atoms with Gasteiger partial charge >= 0.3 is 6.03 Å². The summed E-state index contributed by atoms with van der Waals surface area (Å²) in [6.07, 6.45) is 0. The van der Waals surface area contributed by atoms with Gasteiger partial charge in [0.15, 0.2) is 0 Å². The van der Waals surface area contributed by atoms with E-state index in [4.69, 9.17) is 0 Å². The van der Waals surface area contributed by atoms with Crippen LogP contribution in [0.15, 0.2) is 35.7 Å². The van der Waals surface area contributed by atoms with Crippen molar-refractivity contribution in [2.45, 2.75) is 5.75 Å². The third-order valence-electron chi connectivity index (χ3n) is 3.22. The van der Waals surface area contributed by atoms with Crippen LogP contribution in [0, 0.1) is 0 Å². The van der Waals surface area contributed by atoms with Gasteiger partial charge in [-0.25, -0.2) is 9.78 Å². The molecule has 7 heteroatoms. The van der Waals surface area contributed by atoms with E-state index in [1.807, 2.05) is 30.3 Å². The molecule has 0 spiro atoms. The van der Waals surface area contributed by atoms with Gasteiger partial charge in [0.1, 0.15) is 5.01 Å². The van der Waals surface area contributed by atoms with E-state index in [9.17, 15) is 9.59 Å². The molecule has 2 heterocycles. The Kier molecular flexibility index (Phi) is 4.74. The largest absolute Gasteiger partial charge is 0.329 e. The molecule has 1 aliphatic rings. The Morgan fingerprint density at radius 3 is 2.82 bits per heavy atom. The minimum Gasteiger partial charge on any atom is -0.329 e. The van der Waals surface area contributed by atoms with E-state index >= 15 is 0 Å². The van der Waals surface area contributed by atoms with Crippen LogP contribution < -0.4 is 5.32 Å². The highest BCUT2D eigenvalue weighted by atomic mass is 32.2. The Bertz CT molecular complexity index is 656. The minimum atomic E-state index is -0.286. The molecule has 1 aliphatic heterocycles. The van der Waals surface area contributed by atoms with E-state index in [0.29, 0.717) is 6.54 Å². The van der Waals surface area contributed by atoms with Crippen LogP contribution in [0.1, 0.15) is 5.69 Å². The molecule has 0 unspecified atom stereocenters. The predicted molar refractivity (Wildman–Crippen MR) is 88.8 cm³/mol. The average molecular weight is 333 g/mol. The van der Waals surface area contributed by atoms with Crippen molar-refractivity contribution in [3.63, 3.8) is 0 Å². The first kappa shape index (κ1) is 15.1. The molecular weight excluding hydrogens is 318 g/mol. The molecule has 0 atom stereocenters. The highest BCUT2D eigenvalue weighted by Gasteiger charge is 2.27. The van der Waals surface area contributed by atoms with Gasteiger partial charge < -0.3 is 5.32 Å². The first-order valence-electron chi connectivity index (χ1n) is 6.90. The molecule has 1 fully saturated rings. The number of aromatic nitrogens is 1. The number of thioether (sulfide) groups is 1. The summed E-state index contributed by atoms with van der Waals surface area (Å²) in [7, 11) is 0. The Balaban J connectivity index is 1.47. The molecule has 0 aliphatic carbocycles. The molecule has 5 nitrogen and oxygen atoms in total. The molecule has 3 rings (SSSR count). The Labute approximate surface area is 136 Å². The molecule has 1 N–H and O–H groups in total. The monoisotopic (exact) mass is 333 g/mol. The number of nitrogens with zero attached hydrogens (tertiary/aromatic N) is 2. The fraction of sp³-hybridized carbons (Fsp3) is 0.267. The lowest BCUT2D eigenvalue weighted by Crippen LogP contribution is -2.32. The SMILES string of the molecule is O=C1CNC(=O)N1CCSCc1csc(-c2ccccc2)n1. The van der Waals surface area contributed by atoms with E-state index in [0.717, 1.165) is 27.8 Å². The van der Waals surface area contributed by atoms with Crippen LogP contribution >= 0.6 is 23.1 Å². The fourth-order valence-corrected chi connectivity index (χ4v) is 3.85. The summed E-state index contributed by atoms with van der Waals surface area (Å²) in [5.74, 6) is 1.36. The maximum absolute atomic E-state index is 11.4. The van der Waals surface area contributed by atoms with Crippen LogP contribution in [-0.2, 0) is 10.5 Å². The topological polar surface area (TPSA) is 62.3 Å². The molecule has 3 amide bonds. The van der Waals surface area contributed by atoms with Gasteiger partial charge in [-0.2, -0.15) is 11.8 Å². The molecule has 2 aromatic rings. The van der Waals surface area contributed by atoms with Crippen LogP contribution in [0.2, 0.25) is 0 Å². The molecule has 0 bridgehead atoms. The number of carbonyl (C=O) groups excluding carboxylic acids is 2. The van der Waals surface area contributed by atoms with Crippen LogP contribution in [0.3, 0.4) is 0 Å². The highest BCUT2D eigenvalue weighted by Crippen LogP contribution is 2.25. The maximum atomic E-state index is 11.4. The third-order valence-corrected chi connectivity index (χ3v) is 5.13. The van der Waals surface area contributed by atoms with Gasteiger partial charge in [-0.3, -0.25) is 9.69 Å². The van der Waals surface area contributed by atoms with Gasteiger partial charge in [0, 0.05) is 29.0 Å². The summed E-state index contributed by atoms with van der Waals surface area (Å²) >= 11 is 3.31. The van der Waals surface area contributed by atoms with Gasteiger partial charge in [0.2, 0.25) is 5.91 Å². The summed E-state index contributed by atoms with van der Waals surface area (Å²) in [6, 6.07) is 9.81. The van der Waals surface area contributed by atoms with Gasteiger partial charge in [0.25, 0.3) is 0 Å². The number of nitrogens with one attached hydrogen (secondary N) is 1.